The minimum atomic E-state index is -0.181. The second-order valence-electron chi connectivity index (χ2n) is 6.35. The zero-order valence-electron chi connectivity index (χ0n) is 12.1. The fraction of sp³-hybridized carbons (Fsp3) is 0.588. The first-order valence-corrected chi connectivity index (χ1v) is 8.19. The van der Waals surface area contributed by atoms with Crippen molar-refractivity contribution in [3.63, 3.8) is 0 Å². The van der Waals surface area contributed by atoms with Crippen molar-refractivity contribution < 1.29 is 5.11 Å². The van der Waals surface area contributed by atoms with E-state index in [4.69, 9.17) is 16.9 Å². The van der Waals surface area contributed by atoms with Gasteiger partial charge < -0.3 is 10.0 Å². The fourth-order valence-corrected chi connectivity index (χ4v) is 3.46. The van der Waals surface area contributed by atoms with E-state index in [-0.39, 0.29) is 6.10 Å². The van der Waals surface area contributed by atoms with Crippen molar-refractivity contribution in [3.05, 3.63) is 28.8 Å². The van der Waals surface area contributed by atoms with E-state index < -0.39 is 0 Å². The van der Waals surface area contributed by atoms with Gasteiger partial charge in [-0.15, -0.1) is 0 Å². The van der Waals surface area contributed by atoms with Crippen LogP contribution in [0.2, 0.25) is 5.02 Å². The molecule has 112 valence electrons. The number of nitriles is 1. The van der Waals surface area contributed by atoms with E-state index in [0.29, 0.717) is 16.6 Å². The molecule has 2 aliphatic rings. The van der Waals surface area contributed by atoms with Crippen LogP contribution in [0.1, 0.15) is 44.1 Å². The van der Waals surface area contributed by atoms with E-state index in [1.165, 1.54) is 12.8 Å². The van der Waals surface area contributed by atoms with Crippen molar-refractivity contribution in [1.29, 1.82) is 5.26 Å². The van der Waals surface area contributed by atoms with Crippen molar-refractivity contribution in [1.82, 2.24) is 0 Å². The second kappa shape index (κ2) is 6.25. The van der Waals surface area contributed by atoms with Gasteiger partial charge in [0.05, 0.1) is 16.7 Å². The average molecular weight is 305 g/mol. The first kappa shape index (κ1) is 14.7. The molecular formula is C17H21ClN2O. The van der Waals surface area contributed by atoms with Crippen LogP contribution in [0.4, 0.5) is 5.69 Å². The zero-order valence-corrected chi connectivity index (χ0v) is 12.9. The highest BCUT2D eigenvalue weighted by molar-refractivity contribution is 6.32. The number of hydrogen-bond donors (Lipinski definition) is 1. The molecule has 2 unspecified atom stereocenters. The molecule has 0 spiro atoms. The molecule has 0 aliphatic heterocycles. The molecule has 0 aromatic heterocycles. The molecule has 3 nitrogen and oxygen atoms in total. The number of aliphatic hydroxyl groups is 1. The molecule has 0 bridgehead atoms. The maximum atomic E-state index is 9.97. The summed E-state index contributed by atoms with van der Waals surface area (Å²) in [6.07, 6.45) is 6.38. The van der Waals surface area contributed by atoms with Gasteiger partial charge in [-0.2, -0.15) is 5.26 Å². The fourth-order valence-electron chi connectivity index (χ4n) is 3.24. The third-order valence-electron chi connectivity index (χ3n) is 4.62. The van der Waals surface area contributed by atoms with Crippen molar-refractivity contribution in [2.75, 3.05) is 11.4 Å². The van der Waals surface area contributed by atoms with Gasteiger partial charge in [0.15, 0.2) is 0 Å². The Morgan fingerprint density at radius 1 is 1.29 bits per heavy atom. The van der Waals surface area contributed by atoms with Crippen LogP contribution in [-0.4, -0.2) is 23.8 Å². The Morgan fingerprint density at radius 2 is 2.10 bits per heavy atom. The van der Waals surface area contributed by atoms with E-state index >= 15 is 0 Å². The van der Waals surface area contributed by atoms with Gasteiger partial charge in [0, 0.05) is 18.3 Å². The molecule has 0 amide bonds. The third-order valence-corrected chi connectivity index (χ3v) is 4.93. The summed E-state index contributed by atoms with van der Waals surface area (Å²) in [5, 5.41) is 19.5. The maximum absolute atomic E-state index is 9.97. The standard InChI is InChI=1S/C17H21ClN2O/c18-17-9-15(7-6-13(17)10-19)20(11-12-4-5-12)14-2-1-3-16(21)8-14/h6-7,9,12,14,16,21H,1-5,8,11H2. The summed E-state index contributed by atoms with van der Waals surface area (Å²) >= 11 is 6.19. The predicted molar refractivity (Wildman–Crippen MR) is 84.5 cm³/mol. The Morgan fingerprint density at radius 3 is 2.71 bits per heavy atom. The second-order valence-corrected chi connectivity index (χ2v) is 6.75. The van der Waals surface area contributed by atoms with E-state index in [1.54, 1.807) is 6.07 Å². The smallest absolute Gasteiger partial charge is 0.101 e. The van der Waals surface area contributed by atoms with Crippen molar-refractivity contribution >= 4 is 17.3 Å². The largest absolute Gasteiger partial charge is 0.393 e. The molecule has 2 saturated carbocycles. The average Bonchev–Trinajstić information content (AvgIpc) is 3.29. The maximum Gasteiger partial charge on any atom is 0.101 e. The summed E-state index contributed by atoms with van der Waals surface area (Å²) < 4.78 is 0. The molecular weight excluding hydrogens is 284 g/mol. The Kier molecular flexibility index (Phi) is 4.37. The quantitative estimate of drug-likeness (QED) is 0.922. The summed E-state index contributed by atoms with van der Waals surface area (Å²) in [5.74, 6) is 0.776. The monoisotopic (exact) mass is 304 g/mol. The SMILES string of the molecule is N#Cc1ccc(N(CC2CC2)C2CCCC(O)C2)cc1Cl. The van der Waals surface area contributed by atoms with Gasteiger partial charge in [-0.3, -0.25) is 0 Å². The first-order chi connectivity index (χ1) is 10.2. The Hall–Kier alpha value is -1.24. The normalized spacial score (nSPS) is 25.4. The molecule has 0 saturated heterocycles. The molecule has 4 heteroatoms. The summed E-state index contributed by atoms with van der Waals surface area (Å²) in [6.45, 7) is 1.04. The third kappa shape index (κ3) is 3.51. The van der Waals surface area contributed by atoms with Crippen LogP contribution in [0, 0.1) is 17.2 Å². The van der Waals surface area contributed by atoms with E-state index in [2.05, 4.69) is 11.0 Å². The van der Waals surface area contributed by atoms with Gasteiger partial charge in [0.25, 0.3) is 0 Å². The molecule has 1 aromatic rings. The van der Waals surface area contributed by atoms with Crippen LogP contribution in [0.25, 0.3) is 0 Å². The van der Waals surface area contributed by atoms with Gasteiger partial charge in [-0.25, -0.2) is 0 Å². The molecule has 21 heavy (non-hydrogen) atoms. The lowest BCUT2D eigenvalue weighted by Crippen LogP contribution is -2.41. The van der Waals surface area contributed by atoms with Crippen molar-refractivity contribution in [2.24, 2.45) is 5.92 Å². The minimum Gasteiger partial charge on any atom is -0.393 e. The number of halogens is 1. The molecule has 2 atom stereocenters. The van der Waals surface area contributed by atoms with Crippen LogP contribution < -0.4 is 4.90 Å². The molecule has 2 aliphatic carbocycles. The van der Waals surface area contributed by atoms with Crippen LogP contribution in [0.3, 0.4) is 0 Å². The van der Waals surface area contributed by atoms with Gasteiger partial charge in [-0.05, 0) is 62.6 Å². The highest BCUT2D eigenvalue weighted by Crippen LogP contribution is 2.36. The van der Waals surface area contributed by atoms with Crippen molar-refractivity contribution in [3.8, 4) is 6.07 Å². The number of aliphatic hydroxyl groups excluding tert-OH is 1. The summed E-state index contributed by atoms with van der Waals surface area (Å²) in [6, 6.07) is 8.20. The predicted octanol–water partition coefficient (Wildman–Crippen LogP) is 3.73. The zero-order chi connectivity index (χ0) is 14.8. The van der Waals surface area contributed by atoms with E-state index in [0.717, 1.165) is 43.8 Å². The lowest BCUT2D eigenvalue weighted by Gasteiger charge is -2.38. The van der Waals surface area contributed by atoms with Crippen LogP contribution in [-0.2, 0) is 0 Å². The number of nitrogens with zero attached hydrogens (tertiary/aromatic N) is 2. The van der Waals surface area contributed by atoms with Gasteiger partial charge in [0.1, 0.15) is 6.07 Å². The van der Waals surface area contributed by atoms with E-state index in [1.807, 2.05) is 12.1 Å². The number of benzene rings is 1. The summed E-state index contributed by atoms with van der Waals surface area (Å²) in [4.78, 5) is 2.41. The Bertz CT molecular complexity index is 550. The molecule has 0 radical (unpaired) electrons. The van der Waals surface area contributed by atoms with Crippen LogP contribution in [0.15, 0.2) is 18.2 Å². The first-order valence-electron chi connectivity index (χ1n) is 7.81. The highest BCUT2D eigenvalue weighted by Gasteiger charge is 2.31. The minimum absolute atomic E-state index is 0.181. The van der Waals surface area contributed by atoms with Gasteiger partial charge in [-0.1, -0.05) is 11.6 Å². The molecule has 3 rings (SSSR count). The topological polar surface area (TPSA) is 47.3 Å². The highest BCUT2D eigenvalue weighted by atomic mass is 35.5. The number of hydrogen-bond acceptors (Lipinski definition) is 3. The molecule has 1 aromatic carbocycles. The van der Waals surface area contributed by atoms with Crippen LogP contribution >= 0.6 is 11.6 Å². The van der Waals surface area contributed by atoms with Gasteiger partial charge >= 0.3 is 0 Å². The Labute approximate surface area is 131 Å². The van der Waals surface area contributed by atoms with Crippen molar-refractivity contribution in [2.45, 2.75) is 50.7 Å². The summed E-state index contributed by atoms with van der Waals surface area (Å²) in [5.41, 5.74) is 1.61. The lowest BCUT2D eigenvalue weighted by molar-refractivity contribution is 0.118. The lowest BCUT2D eigenvalue weighted by atomic mass is 9.91. The van der Waals surface area contributed by atoms with Crippen LogP contribution in [0.5, 0.6) is 0 Å². The van der Waals surface area contributed by atoms with E-state index in [9.17, 15) is 5.11 Å². The number of anilines is 1. The number of rotatable bonds is 4. The molecule has 1 N–H and O–H groups in total. The Balaban J connectivity index is 1.84. The molecule has 2 fully saturated rings. The summed E-state index contributed by atoms with van der Waals surface area (Å²) in [7, 11) is 0. The molecule has 0 heterocycles. The van der Waals surface area contributed by atoms with Gasteiger partial charge in [0.2, 0.25) is 0 Å².